The second kappa shape index (κ2) is 5.23. The van der Waals surface area contributed by atoms with Crippen molar-refractivity contribution in [2.24, 2.45) is 17.8 Å². The third-order valence-corrected chi connectivity index (χ3v) is 5.09. The van der Waals surface area contributed by atoms with Gasteiger partial charge in [0.25, 0.3) is 5.91 Å². The van der Waals surface area contributed by atoms with Crippen LogP contribution in [-0.2, 0) is 14.3 Å². The summed E-state index contributed by atoms with van der Waals surface area (Å²) in [6.07, 6.45) is 10.4. The van der Waals surface area contributed by atoms with E-state index in [2.05, 4.69) is 5.32 Å². The van der Waals surface area contributed by atoms with Gasteiger partial charge in [0.15, 0.2) is 6.61 Å². The van der Waals surface area contributed by atoms with Gasteiger partial charge in [0.05, 0.1) is 0 Å². The number of hydrogen-bond acceptors (Lipinski definition) is 3. The molecule has 0 aromatic rings. The van der Waals surface area contributed by atoms with Gasteiger partial charge in [-0.3, -0.25) is 4.79 Å². The number of hydrogen-bond donors (Lipinski definition) is 1. The molecule has 0 atom stereocenters. The molecule has 0 saturated heterocycles. The highest BCUT2D eigenvalue weighted by atomic mass is 16.5. The van der Waals surface area contributed by atoms with Crippen LogP contribution in [0.15, 0.2) is 12.2 Å². The molecule has 4 rings (SSSR count). The molecule has 110 valence electrons. The Balaban J connectivity index is 1.55. The number of ether oxygens (including phenoxy) is 1. The van der Waals surface area contributed by atoms with Crippen LogP contribution in [0.25, 0.3) is 0 Å². The summed E-state index contributed by atoms with van der Waals surface area (Å²) in [5, 5.41) is 3.18. The number of nitrogens with one attached hydrogen (secondary N) is 1. The van der Waals surface area contributed by atoms with Crippen LogP contribution in [0.5, 0.6) is 0 Å². The molecule has 0 aromatic heterocycles. The third kappa shape index (κ3) is 2.74. The lowest BCUT2D eigenvalue weighted by molar-refractivity contribution is -0.145. The number of allylic oxidation sites excluding steroid dienone is 1. The zero-order chi connectivity index (χ0) is 14.2. The lowest BCUT2D eigenvalue weighted by Crippen LogP contribution is -2.60. The highest BCUT2D eigenvalue weighted by Crippen LogP contribution is 2.55. The van der Waals surface area contributed by atoms with E-state index in [9.17, 15) is 9.59 Å². The second-order valence-electron chi connectivity index (χ2n) is 6.85. The fraction of sp³-hybridized carbons (Fsp3) is 0.750. The maximum atomic E-state index is 12.0. The predicted molar refractivity (Wildman–Crippen MR) is 74.8 cm³/mol. The number of rotatable bonds is 4. The summed E-state index contributed by atoms with van der Waals surface area (Å²) in [5.41, 5.74) is -0.00115. The minimum absolute atomic E-state index is 0.00115. The van der Waals surface area contributed by atoms with Gasteiger partial charge >= 0.3 is 5.97 Å². The number of carbonyl (C=O) groups is 2. The maximum absolute atomic E-state index is 12.0. The normalized spacial score (nSPS) is 38.1. The van der Waals surface area contributed by atoms with Crippen LogP contribution in [-0.4, -0.2) is 24.0 Å². The van der Waals surface area contributed by atoms with Gasteiger partial charge < -0.3 is 10.1 Å². The third-order valence-electron chi connectivity index (χ3n) is 5.09. The largest absolute Gasteiger partial charge is 0.452 e. The van der Waals surface area contributed by atoms with Gasteiger partial charge in [-0.1, -0.05) is 6.08 Å². The molecule has 1 N–H and O–H groups in total. The molecule has 4 saturated carbocycles. The smallest absolute Gasteiger partial charge is 0.330 e. The van der Waals surface area contributed by atoms with E-state index in [1.54, 1.807) is 13.0 Å². The van der Waals surface area contributed by atoms with Crippen molar-refractivity contribution >= 4 is 11.9 Å². The van der Waals surface area contributed by atoms with Gasteiger partial charge in [0, 0.05) is 11.6 Å². The molecular weight excluding hydrogens is 254 g/mol. The van der Waals surface area contributed by atoms with E-state index in [1.165, 1.54) is 25.3 Å². The molecule has 0 unspecified atom stereocenters. The van der Waals surface area contributed by atoms with Crippen LogP contribution in [0, 0.1) is 17.8 Å². The van der Waals surface area contributed by atoms with Crippen LogP contribution in [0.3, 0.4) is 0 Å². The molecule has 0 heterocycles. The van der Waals surface area contributed by atoms with E-state index in [0.29, 0.717) is 0 Å². The number of amides is 1. The molecule has 4 fully saturated rings. The van der Waals surface area contributed by atoms with E-state index < -0.39 is 5.97 Å². The summed E-state index contributed by atoms with van der Waals surface area (Å²) >= 11 is 0. The first-order valence-corrected chi connectivity index (χ1v) is 7.69. The Bertz CT molecular complexity index is 406. The van der Waals surface area contributed by atoms with E-state index in [-0.39, 0.29) is 18.1 Å². The van der Waals surface area contributed by atoms with Gasteiger partial charge in [-0.2, -0.15) is 0 Å². The van der Waals surface area contributed by atoms with Crippen LogP contribution in [0.2, 0.25) is 0 Å². The van der Waals surface area contributed by atoms with Gasteiger partial charge in [0.1, 0.15) is 0 Å². The summed E-state index contributed by atoms with van der Waals surface area (Å²) in [5.74, 6) is 1.80. The Morgan fingerprint density at radius 2 is 1.70 bits per heavy atom. The molecule has 0 aliphatic heterocycles. The van der Waals surface area contributed by atoms with Gasteiger partial charge in [0.2, 0.25) is 0 Å². The van der Waals surface area contributed by atoms with Crippen molar-refractivity contribution in [1.82, 2.24) is 5.32 Å². The second-order valence-corrected chi connectivity index (χ2v) is 6.85. The Morgan fingerprint density at radius 3 is 2.20 bits per heavy atom. The SMILES string of the molecule is C/C=C/C(=O)OCC(=O)NC12CC3CC(CC(C3)C1)C2. The van der Waals surface area contributed by atoms with Gasteiger partial charge in [-0.05, 0) is 63.2 Å². The number of esters is 1. The summed E-state index contributed by atoms with van der Waals surface area (Å²) in [6, 6.07) is 0. The molecule has 1 amide bonds. The predicted octanol–water partition coefficient (Wildman–Crippen LogP) is 2.19. The van der Waals surface area contributed by atoms with Crippen LogP contribution >= 0.6 is 0 Å². The first-order chi connectivity index (χ1) is 9.58. The van der Waals surface area contributed by atoms with Crippen molar-refractivity contribution in [1.29, 1.82) is 0 Å². The first-order valence-electron chi connectivity index (χ1n) is 7.69. The first kappa shape index (κ1) is 13.7. The highest BCUT2D eigenvalue weighted by Gasteiger charge is 2.51. The lowest BCUT2D eigenvalue weighted by Gasteiger charge is -2.56. The van der Waals surface area contributed by atoms with E-state index >= 15 is 0 Å². The quantitative estimate of drug-likeness (QED) is 0.633. The van der Waals surface area contributed by atoms with Crippen LogP contribution in [0.1, 0.15) is 45.4 Å². The molecule has 4 aliphatic rings. The summed E-state index contributed by atoms with van der Waals surface area (Å²) in [6.45, 7) is 1.59. The Kier molecular flexibility index (Phi) is 3.57. The molecule has 20 heavy (non-hydrogen) atoms. The topological polar surface area (TPSA) is 55.4 Å². The zero-order valence-corrected chi connectivity index (χ0v) is 12.1. The van der Waals surface area contributed by atoms with Crippen molar-refractivity contribution in [2.75, 3.05) is 6.61 Å². The standard InChI is InChI=1S/C16H23NO3/c1-2-3-15(19)20-10-14(18)17-16-7-11-4-12(8-16)6-13(5-11)9-16/h2-3,11-13H,4-10H2,1H3,(H,17,18)/b3-2+. The molecule has 4 aliphatic carbocycles. The van der Waals surface area contributed by atoms with Crippen molar-refractivity contribution < 1.29 is 14.3 Å². The molecule has 4 bridgehead atoms. The lowest BCUT2D eigenvalue weighted by atomic mass is 9.53. The van der Waals surface area contributed by atoms with Crippen molar-refractivity contribution in [3.05, 3.63) is 12.2 Å². The van der Waals surface area contributed by atoms with E-state index in [0.717, 1.165) is 37.0 Å². The number of carbonyl (C=O) groups excluding carboxylic acids is 2. The average Bonchev–Trinajstić information content (AvgIpc) is 2.34. The zero-order valence-electron chi connectivity index (χ0n) is 12.1. The Labute approximate surface area is 119 Å². The minimum atomic E-state index is -0.451. The van der Waals surface area contributed by atoms with Crippen molar-refractivity contribution in [3.8, 4) is 0 Å². The van der Waals surface area contributed by atoms with Crippen molar-refractivity contribution in [3.63, 3.8) is 0 Å². The van der Waals surface area contributed by atoms with Crippen molar-refractivity contribution in [2.45, 2.75) is 51.0 Å². The summed E-state index contributed by atoms with van der Waals surface area (Å²) in [7, 11) is 0. The van der Waals surface area contributed by atoms with E-state index in [4.69, 9.17) is 4.74 Å². The highest BCUT2D eigenvalue weighted by molar-refractivity contribution is 5.85. The van der Waals surface area contributed by atoms with Gasteiger partial charge in [-0.25, -0.2) is 4.79 Å². The molecule has 4 nitrogen and oxygen atoms in total. The molecular formula is C16H23NO3. The minimum Gasteiger partial charge on any atom is -0.452 e. The molecule has 4 heteroatoms. The molecule has 0 aromatic carbocycles. The summed E-state index contributed by atoms with van der Waals surface area (Å²) in [4.78, 5) is 23.2. The monoisotopic (exact) mass is 277 g/mol. The fourth-order valence-electron chi connectivity index (χ4n) is 4.92. The maximum Gasteiger partial charge on any atom is 0.330 e. The van der Waals surface area contributed by atoms with Gasteiger partial charge in [-0.15, -0.1) is 0 Å². The molecule has 0 spiro atoms. The summed E-state index contributed by atoms with van der Waals surface area (Å²) < 4.78 is 4.92. The Morgan fingerprint density at radius 1 is 1.15 bits per heavy atom. The van der Waals surface area contributed by atoms with E-state index in [1.807, 2.05) is 0 Å². The molecule has 0 radical (unpaired) electrons. The van der Waals surface area contributed by atoms with Crippen LogP contribution in [0.4, 0.5) is 0 Å². The Hall–Kier alpha value is -1.32. The average molecular weight is 277 g/mol. The van der Waals surface area contributed by atoms with Crippen LogP contribution < -0.4 is 5.32 Å². The fourth-order valence-corrected chi connectivity index (χ4v) is 4.92.